The van der Waals surface area contributed by atoms with Crippen LogP contribution in [-0.4, -0.2) is 54.0 Å². The third kappa shape index (κ3) is 3.45. The number of fused-ring (bicyclic) bond motifs is 1. The fourth-order valence-electron chi connectivity index (χ4n) is 4.18. The van der Waals surface area contributed by atoms with Gasteiger partial charge in [0.25, 0.3) is 0 Å². The maximum atomic E-state index is 11.9. The minimum absolute atomic E-state index is 0.170. The van der Waals surface area contributed by atoms with Crippen molar-refractivity contribution in [2.75, 3.05) is 36.0 Å². The van der Waals surface area contributed by atoms with Crippen LogP contribution < -0.4 is 9.80 Å². The zero-order valence-corrected chi connectivity index (χ0v) is 16.7. The van der Waals surface area contributed by atoms with Crippen molar-refractivity contribution < 1.29 is 4.92 Å². The van der Waals surface area contributed by atoms with Gasteiger partial charge in [-0.05, 0) is 0 Å². The summed E-state index contributed by atoms with van der Waals surface area (Å²) in [7, 11) is 0. The van der Waals surface area contributed by atoms with Crippen molar-refractivity contribution in [3.8, 4) is 0 Å². The van der Waals surface area contributed by atoms with E-state index in [1.54, 1.807) is 0 Å². The first-order valence-corrected chi connectivity index (χ1v) is 11.2. The van der Waals surface area contributed by atoms with Gasteiger partial charge in [-0.3, -0.25) is 0 Å². The van der Waals surface area contributed by atoms with Crippen molar-refractivity contribution in [3.05, 3.63) is 16.2 Å². The Bertz CT molecular complexity index is 777. The van der Waals surface area contributed by atoms with Crippen molar-refractivity contribution in [2.45, 2.75) is 51.4 Å². The molecule has 2 aromatic rings. The van der Waals surface area contributed by atoms with Crippen LogP contribution in [0.5, 0.6) is 0 Å². The Morgan fingerprint density at radius 2 is 1.31 bits per heavy atom. The number of hydrogen-bond donors (Lipinski definition) is 0. The maximum absolute atomic E-state index is 11.9. The van der Waals surface area contributed by atoms with Gasteiger partial charge in [0.15, 0.2) is 0 Å². The van der Waals surface area contributed by atoms with Crippen molar-refractivity contribution in [1.82, 2.24) is 7.96 Å². The quantitative estimate of drug-likeness (QED) is 0.429. The molecule has 7 nitrogen and oxygen atoms in total. The van der Waals surface area contributed by atoms with E-state index in [2.05, 4.69) is 17.8 Å². The molecule has 8 heteroatoms. The predicted octanol–water partition coefficient (Wildman–Crippen LogP) is 3.36. The first-order chi connectivity index (χ1) is 12.8. The zero-order valence-electron chi connectivity index (χ0n) is 15.0. The number of aromatic nitrogens is 2. The Labute approximate surface area is 159 Å². The second kappa shape index (κ2) is 7.92. The van der Waals surface area contributed by atoms with Crippen molar-refractivity contribution in [3.63, 3.8) is 0 Å². The number of benzene rings is 1. The van der Waals surface area contributed by atoms with Crippen LogP contribution in [0.2, 0.25) is 0 Å². The summed E-state index contributed by atoms with van der Waals surface area (Å²) >= 11 is -0.273. The van der Waals surface area contributed by atoms with Crippen LogP contribution in [0.15, 0.2) is 6.07 Å². The predicted molar refractivity (Wildman–Crippen MR) is 104 cm³/mol. The van der Waals surface area contributed by atoms with E-state index in [4.69, 9.17) is 0 Å². The molecule has 26 heavy (non-hydrogen) atoms. The van der Waals surface area contributed by atoms with Gasteiger partial charge in [0.05, 0.1) is 0 Å². The van der Waals surface area contributed by atoms with Gasteiger partial charge >= 0.3 is 159 Å². The van der Waals surface area contributed by atoms with Gasteiger partial charge in [-0.25, -0.2) is 0 Å². The van der Waals surface area contributed by atoms with Crippen molar-refractivity contribution in [1.29, 1.82) is 0 Å². The standard InChI is InChI=1S/C18H25N5O2Se/c24-23(25)18-15(22-11-7-3-4-8-12-22)13-14(16-17(18)20-26-19-16)21-9-5-1-2-6-10-21/h13H,1-12H2. The molecule has 0 radical (unpaired) electrons. The summed E-state index contributed by atoms with van der Waals surface area (Å²) in [5.41, 5.74) is 3.28. The molecule has 3 heterocycles. The molecule has 140 valence electrons. The molecule has 2 saturated heterocycles. The van der Waals surface area contributed by atoms with Gasteiger partial charge in [0.2, 0.25) is 0 Å². The third-order valence-electron chi connectivity index (χ3n) is 5.55. The summed E-state index contributed by atoms with van der Waals surface area (Å²) in [6, 6.07) is 2.05. The molecule has 4 rings (SSSR count). The number of nitro benzene ring substituents is 1. The van der Waals surface area contributed by atoms with Crippen LogP contribution in [0.3, 0.4) is 0 Å². The molecule has 2 fully saturated rings. The van der Waals surface area contributed by atoms with Crippen LogP contribution in [-0.2, 0) is 0 Å². The van der Waals surface area contributed by atoms with Gasteiger partial charge in [-0.1, -0.05) is 0 Å². The van der Waals surface area contributed by atoms with E-state index in [9.17, 15) is 10.1 Å². The van der Waals surface area contributed by atoms with Crippen LogP contribution in [0.1, 0.15) is 51.4 Å². The molecule has 2 aliphatic rings. The van der Waals surface area contributed by atoms with E-state index in [1.165, 1.54) is 38.5 Å². The van der Waals surface area contributed by atoms with Gasteiger partial charge in [-0.15, -0.1) is 0 Å². The summed E-state index contributed by atoms with van der Waals surface area (Å²) in [5.74, 6) is 0. The van der Waals surface area contributed by atoms with Gasteiger partial charge < -0.3 is 0 Å². The second-order valence-electron chi connectivity index (χ2n) is 7.28. The molecule has 0 atom stereocenters. The fraction of sp³-hybridized carbons (Fsp3) is 0.667. The van der Waals surface area contributed by atoms with E-state index in [-0.39, 0.29) is 25.6 Å². The molecule has 2 aliphatic heterocycles. The van der Waals surface area contributed by atoms with Crippen molar-refractivity contribution >= 4 is 43.1 Å². The number of rotatable bonds is 3. The molecular formula is C18H25N5O2Se. The van der Waals surface area contributed by atoms with Crippen LogP contribution in [0.25, 0.3) is 11.0 Å². The molecule has 0 bridgehead atoms. The Morgan fingerprint density at radius 3 is 1.85 bits per heavy atom. The van der Waals surface area contributed by atoms with Gasteiger partial charge in [-0.2, -0.15) is 0 Å². The molecule has 1 aromatic carbocycles. The third-order valence-corrected chi connectivity index (χ3v) is 6.66. The second-order valence-corrected chi connectivity index (χ2v) is 8.39. The molecule has 0 N–H and O–H groups in total. The van der Waals surface area contributed by atoms with Crippen LogP contribution >= 0.6 is 0 Å². The fourth-order valence-corrected chi connectivity index (χ4v) is 5.35. The number of nitrogens with zero attached hydrogens (tertiary/aromatic N) is 5. The van der Waals surface area contributed by atoms with Crippen molar-refractivity contribution in [2.24, 2.45) is 0 Å². The number of nitro groups is 1. The number of hydrogen-bond acceptors (Lipinski definition) is 6. The van der Waals surface area contributed by atoms with E-state index in [0.717, 1.165) is 55.9 Å². The summed E-state index contributed by atoms with van der Waals surface area (Å²) in [5, 5.41) is 11.9. The Balaban J connectivity index is 1.85. The van der Waals surface area contributed by atoms with E-state index in [1.807, 2.05) is 6.07 Å². The zero-order chi connectivity index (χ0) is 17.9. The van der Waals surface area contributed by atoms with E-state index in [0.29, 0.717) is 5.52 Å². The summed E-state index contributed by atoms with van der Waals surface area (Å²) in [4.78, 5) is 16.3. The van der Waals surface area contributed by atoms with E-state index < -0.39 is 0 Å². The summed E-state index contributed by atoms with van der Waals surface area (Å²) in [6.07, 6.45) is 9.47. The van der Waals surface area contributed by atoms with E-state index >= 15 is 0 Å². The minimum atomic E-state index is -0.273. The summed E-state index contributed by atoms with van der Waals surface area (Å²) in [6.45, 7) is 3.79. The topological polar surface area (TPSA) is 75.4 Å². The average Bonchev–Trinajstić information content (AvgIpc) is 2.84. The molecule has 0 spiro atoms. The molecule has 0 saturated carbocycles. The van der Waals surface area contributed by atoms with Crippen LogP contribution in [0.4, 0.5) is 17.1 Å². The first-order valence-electron chi connectivity index (χ1n) is 9.69. The first kappa shape index (κ1) is 17.7. The molecule has 0 unspecified atom stereocenters. The molecule has 1 aromatic heterocycles. The van der Waals surface area contributed by atoms with Crippen LogP contribution in [0, 0.1) is 10.1 Å². The van der Waals surface area contributed by atoms with Gasteiger partial charge in [0, 0.05) is 0 Å². The molecule has 0 amide bonds. The number of anilines is 2. The SMILES string of the molecule is O=[N+]([O-])c1c(N2CCCCCC2)cc(N2CCCCCC2)c2n[se]nc12. The molecule has 0 aliphatic carbocycles. The Morgan fingerprint density at radius 1 is 0.808 bits per heavy atom. The monoisotopic (exact) mass is 423 g/mol. The Kier molecular flexibility index (Phi) is 5.41. The average molecular weight is 422 g/mol. The normalized spacial score (nSPS) is 19.4. The summed E-state index contributed by atoms with van der Waals surface area (Å²) < 4.78 is 9.06. The molecular weight excluding hydrogens is 397 g/mol. The van der Waals surface area contributed by atoms with Gasteiger partial charge in [0.1, 0.15) is 0 Å². The Hall–Kier alpha value is -1.66.